The Hall–Kier alpha value is -3.01. The number of nitrogens with zero attached hydrogens (tertiary/aromatic N) is 1. The van der Waals surface area contributed by atoms with E-state index >= 15 is 0 Å². The van der Waals surface area contributed by atoms with E-state index in [1.54, 1.807) is 0 Å². The van der Waals surface area contributed by atoms with Gasteiger partial charge in [0.05, 0.1) is 13.2 Å². The van der Waals surface area contributed by atoms with Crippen LogP contribution in [0.5, 0.6) is 11.5 Å². The Morgan fingerprint density at radius 1 is 0.893 bits per heavy atom. The summed E-state index contributed by atoms with van der Waals surface area (Å²) in [6.45, 7) is 6.42. The third-order valence-electron chi connectivity index (χ3n) is 5.16. The minimum Gasteiger partial charge on any atom is -0.490 e. The van der Waals surface area contributed by atoms with Crippen molar-refractivity contribution in [2.24, 2.45) is 0 Å². The summed E-state index contributed by atoms with van der Waals surface area (Å²) in [5.74, 6) is 1.61. The predicted molar refractivity (Wildman–Crippen MR) is 111 cm³/mol. The van der Waals surface area contributed by atoms with Crippen LogP contribution >= 0.6 is 0 Å². The van der Waals surface area contributed by atoms with Crippen molar-refractivity contribution < 1.29 is 14.3 Å². The van der Waals surface area contributed by atoms with E-state index in [9.17, 15) is 4.79 Å². The molecule has 0 radical (unpaired) electrons. The molecule has 0 aliphatic carbocycles. The van der Waals surface area contributed by atoms with Crippen LogP contribution in [0.3, 0.4) is 0 Å². The topological polar surface area (TPSA) is 38.8 Å². The van der Waals surface area contributed by atoms with Gasteiger partial charge in [-0.1, -0.05) is 30.3 Å². The quantitative estimate of drug-likeness (QED) is 0.641. The first-order valence-electron chi connectivity index (χ1n) is 9.89. The summed E-state index contributed by atoms with van der Waals surface area (Å²) in [7, 11) is 0. The average Bonchev–Trinajstić information content (AvgIpc) is 2.73. The molecule has 4 heteroatoms. The molecule has 1 amide bonds. The van der Waals surface area contributed by atoms with Gasteiger partial charge in [0.2, 0.25) is 0 Å². The third kappa shape index (κ3) is 3.55. The fraction of sp³-hybridized carbons (Fsp3) is 0.292. The van der Waals surface area contributed by atoms with Gasteiger partial charge in [0.1, 0.15) is 0 Å². The van der Waals surface area contributed by atoms with Crippen LogP contribution in [0.1, 0.15) is 35.3 Å². The van der Waals surface area contributed by atoms with Gasteiger partial charge >= 0.3 is 0 Å². The van der Waals surface area contributed by atoms with E-state index in [0.29, 0.717) is 26.3 Å². The SMILES string of the molecule is CCOc1cc2c(cc1OCC)CN(C(=O)c1ccc3ccccc3c1)CC2. The number of carbonyl (C=O) groups is 1. The number of amides is 1. The zero-order valence-electron chi connectivity index (χ0n) is 16.4. The Balaban J connectivity index is 1.60. The largest absolute Gasteiger partial charge is 0.490 e. The van der Waals surface area contributed by atoms with Gasteiger partial charge < -0.3 is 14.4 Å². The predicted octanol–water partition coefficient (Wildman–Crippen LogP) is 4.84. The maximum atomic E-state index is 13.1. The fourth-order valence-corrected chi connectivity index (χ4v) is 3.78. The van der Waals surface area contributed by atoms with E-state index in [2.05, 4.69) is 12.1 Å². The van der Waals surface area contributed by atoms with Crippen LogP contribution < -0.4 is 9.47 Å². The highest BCUT2D eigenvalue weighted by molar-refractivity contribution is 5.98. The summed E-state index contributed by atoms with van der Waals surface area (Å²) in [6, 6.07) is 18.1. The molecule has 0 atom stereocenters. The molecule has 0 saturated carbocycles. The maximum absolute atomic E-state index is 13.1. The average molecular weight is 375 g/mol. The van der Waals surface area contributed by atoms with Gasteiger partial charge in [-0.15, -0.1) is 0 Å². The Kier molecular flexibility index (Phi) is 5.20. The Labute approximate surface area is 165 Å². The number of rotatable bonds is 5. The highest BCUT2D eigenvalue weighted by Crippen LogP contribution is 2.34. The summed E-state index contributed by atoms with van der Waals surface area (Å²) in [5.41, 5.74) is 3.10. The molecule has 1 heterocycles. The zero-order valence-corrected chi connectivity index (χ0v) is 16.4. The van der Waals surface area contributed by atoms with Crippen LogP contribution in [0.2, 0.25) is 0 Å². The molecule has 0 spiro atoms. The number of hydrogen-bond acceptors (Lipinski definition) is 3. The number of hydrogen-bond donors (Lipinski definition) is 0. The highest BCUT2D eigenvalue weighted by Gasteiger charge is 2.24. The van der Waals surface area contributed by atoms with Crippen molar-refractivity contribution in [2.45, 2.75) is 26.8 Å². The molecule has 0 saturated heterocycles. The lowest BCUT2D eigenvalue weighted by molar-refractivity contribution is 0.0734. The van der Waals surface area contributed by atoms with Crippen molar-refractivity contribution >= 4 is 16.7 Å². The first kappa shape index (κ1) is 18.4. The normalized spacial score (nSPS) is 13.3. The zero-order chi connectivity index (χ0) is 19.5. The van der Waals surface area contributed by atoms with Crippen LogP contribution in [0.25, 0.3) is 10.8 Å². The lowest BCUT2D eigenvalue weighted by Crippen LogP contribution is -2.36. The van der Waals surface area contributed by atoms with Crippen molar-refractivity contribution in [3.05, 3.63) is 71.3 Å². The second-order valence-electron chi connectivity index (χ2n) is 6.97. The lowest BCUT2D eigenvalue weighted by Gasteiger charge is -2.30. The molecule has 0 unspecified atom stereocenters. The molecular formula is C24H25NO3. The molecule has 0 fully saturated rings. The van der Waals surface area contributed by atoms with Crippen molar-refractivity contribution in [1.29, 1.82) is 0 Å². The van der Waals surface area contributed by atoms with Crippen LogP contribution in [-0.2, 0) is 13.0 Å². The number of ether oxygens (including phenoxy) is 2. The first-order valence-corrected chi connectivity index (χ1v) is 9.89. The van der Waals surface area contributed by atoms with E-state index in [1.807, 2.05) is 61.2 Å². The van der Waals surface area contributed by atoms with Crippen LogP contribution in [0.4, 0.5) is 0 Å². The summed E-state index contributed by atoms with van der Waals surface area (Å²) in [4.78, 5) is 15.0. The lowest BCUT2D eigenvalue weighted by atomic mass is 9.97. The smallest absolute Gasteiger partial charge is 0.254 e. The first-order chi connectivity index (χ1) is 13.7. The Morgan fingerprint density at radius 2 is 1.57 bits per heavy atom. The van der Waals surface area contributed by atoms with Gasteiger partial charge in [-0.2, -0.15) is 0 Å². The molecule has 3 aromatic carbocycles. The molecule has 4 rings (SSSR count). The minimum absolute atomic E-state index is 0.0725. The van der Waals surface area contributed by atoms with Gasteiger partial charge in [-0.25, -0.2) is 0 Å². The molecule has 3 aromatic rings. The van der Waals surface area contributed by atoms with Crippen molar-refractivity contribution in [3.8, 4) is 11.5 Å². The van der Waals surface area contributed by atoms with Crippen LogP contribution in [0, 0.1) is 0 Å². The molecule has 0 aromatic heterocycles. The summed E-state index contributed by atoms with van der Waals surface area (Å²) in [6.07, 6.45) is 0.821. The molecule has 144 valence electrons. The van der Waals surface area contributed by atoms with Crippen LogP contribution in [0.15, 0.2) is 54.6 Å². The Morgan fingerprint density at radius 3 is 2.29 bits per heavy atom. The van der Waals surface area contributed by atoms with Gasteiger partial charge in [0.15, 0.2) is 11.5 Å². The van der Waals surface area contributed by atoms with Gasteiger partial charge in [-0.05, 0) is 66.4 Å². The van der Waals surface area contributed by atoms with Crippen LogP contribution in [-0.4, -0.2) is 30.6 Å². The fourth-order valence-electron chi connectivity index (χ4n) is 3.78. The molecule has 1 aliphatic heterocycles. The van der Waals surface area contributed by atoms with E-state index in [1.165, 1.54) is 5.56 Å². The number of benzene rings is 3. The van der Waals surface area contributed by atoms with E-state index in [-0.39, 0.29) is 5.91 Å². The molecule has 4 nitrogen and oxygen atoms in total. The molecule has 0 N–H and O–H groups in total. The van der Waals surface area contributed by atoms with Gasteiger partial charge in [0.25, 0.3) is 5.91 Å². The molecule has 0 bridgehead atoms. The molecule has 1 aliphatic rings. The molecule has 28 heavy (non-hydrogen) atoms. The van der Waals surface area contributed by atoms with E-state index < -0.39 is 0 Å². The second kappa shape index (κ2) is 7.93. The second-order valence-corrected chi connectivity index (χ2v) is 6.97. The minimum atomic E-state index is 0.0725. The number of carbonyl (C=O) groups excluding carboxylic acids is 1. The summed E-state index contributed by atoms with van der Waals surface area (Å²) >= 11 is 0. The van der Waals surface area contributed by atoms with Gasteiger partial charge in [-0.3, -0.25) is 4.79 Å². The summed E-state index contributed by atoms with van der Waals surface area (Å²) < 4.78 is 11.5. The summed E-state index contributed by atoms with van der Waals surface area (Å²) in [5, 5.41) is 2.23. The highest BCUT2D eigenvalue weighted by atomic mass is 16.5. The molecular weight excluding hydrogens is 350 g/mol. The van der Waals surface area contributed by atoms with Crippen molar-refractivity contribution in [2.75, 3.05) is 19.8 Å². The monoisotopic (exact) mass is 375 g/mol. The third-order valence-corrected chi connectivity index (χ3v) is 5.16. The van der Waals surface area contributed by atoms with Crippen molar-refractivity contribution in [3.63, 3.8) is 0 Å². The van der Waals surface area contributed by atoms with Crippen molar-refractivity contribution in [1.82, 2.24) is 4.90 Å². The Bertz CT molecular complexity index is 1010. The van der Waals surface area contributed by atoms with E-state index in [0.717, 1.165) is 39.8 Å². The van der Waals surface area contributed by atoms with E-state index in [4.69, 9.17) is 9.47 Å². The maximum Gasteiger partial charge on any atom is 0.254 e. The van der Waals surface area contributed by atoms with Gasteiger partial charge in [0, 0.05) is 18.7 Å². The number of fused-ring (bicyclic) bond motifs is 2. The standard InChI is InChI=1S/C24H25NO3/c1-3-27-22-14-19-11-12-25(16-21(19)15-23(22)28-4-2)24(26)20-10-9-17-7-5-6-8-18(17)13-20/h5-10,13-15H,3-4,11-12,16H2,1-2H3.